The monoisotopic (exact) mass is 412 g/mol. The van der Waals surface area contributed by atoms with Crippen LogP contribution in [-0.2, 0) is 6.54 Å². The lowest BCUT2D eigenvalue weighted by molar-refractivity contribution is 0.0693. The van der Waals surface area contributed by atoms with E-state index in [1.807, 2.05) is 42.1 Å². The molecular formula is C24H29FN2OS. The second-order valence-electron chi connectivity index (χ2n) is 8.12. The van der Waals surface area contributed by atoms with Crippen LogP contribution < -0.4 is 5.32 Å². The Morgan fingerprint density at radius 2 is 1.93 bits per heavy atom. The van der Waals surface area contributed by atoms with Gasteiger partial charge in [0.2, 0.25) is 0 Å². The summed E-state index contributed by atoms with van der Waals surface area (Å²) in [5, 5.41) is 2.94. The Hall–Kier alpha value is -1.85. The van der Waals surface area contributed by atoms with Gasteiger partial charge >= 0.3 is 0 Å². The minimum atomic E-state index is -0.281. The Kier molecular flexibility index (Phi) is 6.88. The van der Waals surface area contributed by atoms with Crippen molar-refractivity contribution >= 4 is 17.7 Å². The van der Waals surface area contributed by atoms with E-state index in [1.54, 1.807) is 6.07 Å². The average molecular weight is 413 g/mol. The van der Waals surface area contributed by atoms with Crippen LogP contribution in [0.4, 0.5) is 4.39 Å². The van der Waals surface area contributed by atoms with Crippen LogP contribution in [0.15, 0.2) is 53.4 Å². The number of nitrogens with one attached hydrogen (secondary N) is 1. The van der Waals surface area contributed by atoms with Gasteiger partial charge in [0.25, 0.3) is 5.91 Å². The maximum absolute atomic E-state index is 13.4. The zero-order chi connectivity index (χ0) is 20.1. The number of hydrogen-bond donors (Lipinski definition) is 1. The Labute approximate surface area is 177 Å². The fourth-order valence-corrected chi connectivity index (χ4v) is 5.95. The minimum Gasteiger partial charge on any atom is -0.348 e. The smallest absolute Gasteiger partial charge is 0.252 e. The minimum absolute atomic E-state index is 0.0969. The summed E-state index contributed by atoms with van der Waals surface area (Å²) in [4.78, 5) is 16.5. The molecule has 1 N–H and O–H groups in total. The maximum Gasteiger partial charge on any atom is 0.252 e. The molecule has 0 aromatic heterocycles. The lowest BCUT2D eigenvalue weighted by Gasteiger charge is -2.44. The van der Waals surface area contributed by atoms with E-state index in [0.29, 0.717) is 18.0 Å². The van der Waals surface area contributed by atoms with Gasteiger partial charge in [-0.2, -0.15) is 0 Å². The van der Waals surface area contributed by atoms with Gasteiger partial charge in [0.15, 0.2) is 0 Å². The summed E-state index contributed by atoms with van der Waals surface area (Å²) in [5.74, 6) is 1.39. The highest BCUT2D eigenvalue weighted by atomic mass is 32.2. The lowest BCUT2D eigenvalue weighted by atomic mass is 9.85. The molecule has 3 nitrogen and oxygen atoms in total. The highest BCUT2D eigenvalue weighted by molar-refractivity contribution is 7.99. The van der Waals surface area contributed by atoms with E-state index in [9.17, 15) is 9.18 Å². The lowest BCUT2D eigenvalue weighted by Crippen LogP contribution is -2.48. The van der Waals surface area contributed by atoms with Gasteiger partial charge in [-0.05, 0) is 74.5 Å². The summed E-state index contributed by atoms with van der Waals surface area (Å²) in [7, 11) is 0. The van der Waals surface area contributed by atoms with Crippen molar-refractivity contribution in [2.45, 2.75) is 49.6 Å². The molecule has 1 amide bonds. The predicted molar refractivity (Wildman–Crippen MR) is 117 cm³/mol. The summed E-state index contributed by atoms with van der Waals surface area (Å²) in [6.45, 7) is 2.84. The summed E-state index contributed by atoms with van der Waals surface area (Å²) in [5.41, 5.74) is 1.48. The molecule has 2 aliphatic rings. The quantitative estimate of drug-likeness (QED) is 0.669. The number of benzene rings is 2. The van der Waals surface area contributed by atoms with Crippen molar-refractivity contribution in [1.29, 1.82) is 0 Å². The molecule has 2 aromatic carbocycles. The number of nitrogens with zero attached hydrogens (tertiary/aromatic N) is 1. The van der Waals surface area contributed by atoms with Crippen LogP contribution in [0.25, 0.3) is 0 Å². The van der Waals surface area contributed by atoms with Crippen LogP contribution in [0.3, 0.4) is 0 Å². The van der Waals surface area contributed by atoms with Crippen LogP contribution >= 0.6 is 11.8 Å². The van der Waals surface area contributed by atoms with Crippen molar-refractivity contribution in [2.75, 3.05) is 18.8 Å². The van der Waals surface area contributed by atoms with Crippen molar-refractivity contribution in [3.05, 3.63) is 65.5 Å². The fourth-order valence-electron chi connectivity index (χ4n) is 4.67. The normalized spacial score (nSPS) is 22.1. The van der Waals surface area contributed by atoms with Crippen LogP contribution in [0.2, 0.25) is 0 Å². The summed E-state index contributed by atoms with van der Waals surface area (Å²) in [6.07, 6.45) is 6.59. The predicted octanol–water partition coefficient (Wildman–Crippen LogP) is 5.11. The average Bonchev–Trinajstić information content (AvgIpc) is 2.76. The number of carbonyl (C=O) groups excluding carboxylic acids is 1. The van der Waals surface area contributed by atoms with Gasteiger partial charge in [-0.25, -0.2) is 4.39 Å². The molecule has 154 valence electrons. The number of carbonyl (C=O) groups is 1. The number of fused-ring (bicyclic) bond motifs is 1. The topological polar surface area (TPSA) is 32.3 Å². The maximum atomic E-state index is 13.4. The number of amides is 1. The highest BCUT2D eigenvalue weighted by Crippen LogP contribution is 2.35. The summed E-state index contributed by atoms with van der Waals surface area (Å²) >= 11 is 1.81. The molecule has 0 saturated carbocycles. The zero-order valence-corrected chi connectivity index (χ0v) is 17.6. The first-order valence-electron chi connectivity index (χ1n) is 10.7. The molecule has 0 spiro atoms. The van der Waals surface area contributed by atoms with Crippen LogP contribution in [0, 0.1) is 11.7 Å². The standard InChI is InChI=1S/C24H29FN2OS/c25-20-9-5-7-18(15-20)16-26-24(28)21-10-1-2-12-23(21)29-17-19-8-6-14-27-13-4-3-11-22(19)27/h1-2,5,7,9-10,12,15,19,22H,3-4,6,8,11,13-14,16-17H2,(H,26,28)/t19-,22-/m1/s1. The fraction of sp³-hybridized carbons (Fsp3) is 0.458. The van der Waals surface area contributed by atoms with Crippen molar-refractivity contribution in [3.8, 4) is 0 Å². The van der Waals surface area contributed by atoms with E-state index < -0.39 is 0 Å². The molecule has 0 unspecified atom stereocenters. The second kappa shape index (κ2) is 9.77. The van der Waals surface area contributed by atoms with E-state index in [1.165, 1.54) is 57.3 Å². The first-order valence-corrected chi connectivity index (χ1v) is 11.7. The Balaban J connectivity index is 1.38. The van der Waals surface area contributed by atoms with Gasteiger partial charge in [-0.1, -0.05) is 30.7 Å². The Morgan fingerprint density at radius 3 is 2.83 bits per heavy atom. The molecule has 0 radical (unpaired) electrons. The zero-order valence-electron chi connectivity index (χ0n) is 16.8. The molecular weight excluding hydrogens is 383 g/mol. The molecule has 2 atom stereocenters. The molecule has 5 heteroatoms. The summed E-state index contributed by atoms with van der Waals surface area (Å²) < 4.78 is 13.4. The van der Waals surface area contributed by atoms with E-state index >= 15 is 0 Å². The van der Waals surface area contributed by atoms with E-state index in [-0.39, 0.29) is 11.7 Å². The Bertz CT molecular complexity index is 841. The molecule has 0 aliphatic carbocycles. The van der Waals surface area contributed by atoms with Crippen LogP contribution in [-0.4, -0.2) is 35.7 Å². The third kappa shape index (κ3) is 5.20. The van der Waals surface area contributed by atoms with Gasteiger partial charge in [0.05, 0.1) is 5.56 Å². The van der Waals surface area contributed by atoms with Gasteiger partial charge in [0, 0.05) is 23.2 Å². The molecule has 2 aromatic rings. The molecule has 4 rings (SSSR count). The van der Waals surface area contributed by atoms with Crippen LogP contribution in [0.5, 0.6) is 0 Å². The number of rotatable bonds is 6. The third-order valence-corrected chi connectivity index (χ3v) is 7.42. The third-order valence-electron chi connectivity index (χ3n) is 6.16. The Morgan fingerprint density at radius 1 is 1.07 bits per heavy atom. The molecule has 2 saturated heterocycles. The SMILES string of the molecule is O=C(NCc1cccc(F)c1)c1ccccc1SC[C@H]1CCCN2CCCC[C@H]12. The molecule has 2 fully saturated rings. The van der Waals surface area contributed by atoms with Gasteiger partial charge < -0.3 is 10.2 Å². The van der Waals surface area contributed by atoms with Gasteiger partial charge in [-0.15, -0.1) is 11.8 Å². The first kappa shape index (κ1) is 20.4. The second-order valence-corrected chi connectivity index (χ2v) is 9.18. The number of piperidine rings is 2. The molecule has 2 heterocycles. The van der Waals surface area contributed by atoms with E-state index in [4.69, 9.17) is 0 Å². The van der Waals surface area contributed by atoms with E-state index in [0.717, 1.165) is 22.3 Å². The van der Waals surface area contributed by atoms with Crippen LogP contribution in [0.1, 0.15) is 48.0 Å². The van der Waals surface area contributed by atoms with Crippen molar-refractivity contribution in [2.24, 2.45) is 5.92 Å². The molecule has 2 aliphatic heterocycles. The first-order chi connectivity index (χ1) is 14.2. The molecule has 0 bridgehead atoms. The van der Waals surface area contributed by atoms with Crippen molar-refractivity contribution in [1.82, 2.24) is 10.2 Å². The highest BCUT2D eigenvalue weighted by Gasteiger charge is 2.32. The van der Waals surface area contributed by atoms with Crippen molar-refractivity contribution < 1.29 is 9.18 Å². The largest absolute Gasteiger partial charge is 0.348 e. The number of thioether (sulfide) groups is 1. The van der Waals surface area contributed by atoms with Gasteiger partial charge in [0.1, 0.15) is 5.82 Å². The number of hydrogen-bond acceptors (Lipinski definition) is 3. The van der Waals surface area contributed by atoms with Gasteiger partial charge in [-0.3, -0.25) is 4.79 Å². The summed E-state index contributed by atoms with van der Waals surface area (Å²) in [6, 6.07) is 14.9. The van der Waals surface area contributed by atoms with E-state index in [2.05, 4.69) is 10.2 Å². The van der Waals surface area contributed by atoms with Crippen molar-refractivity contribution in [3.63, 3.8) is 0 Å². The molecule has 29 heavy (non-hydrogen) atoms. The number of halogens is 1.